The number of rotatable bonds is 8. The third-order valence-corrected chi connectivity index (χ3v) is 11.8. The monoisotopic (exact) mass is 844 g/mol. The molecule has 0 aliphatic heterocycles. The number of fused-ring (bicyclic) bond motifs is 4. The van der Waals surface area contributed by atoms with Gasteiger partial charge < -0.3 is 4.74 Å². The van der Waals surface area contributed by atoms with Crippen molar-refractivity contribution < 1.29 is 23.0 Å². The molecule has 0 atom stereocenters. The van der Waals surface area contributed by atoms with E-state index in [0.717, 1.165) is 33.3 Å². The van der Waals surface area contributed by atoms with Gasteiger partial charge >= 0.3 is 0 Å². The molecule has 0 bridgehead atoms. The summed E-state index contributed by atoms with van der Waals surface area (Å²) < 4.78 is 100. The van der Waals surface area contributed by atoms with E-state index < -0.39 is 24.0 Å². The van der Waals surface area contributed by atoms with Crippen LogP contribution in [0.5, 0.6) is 11.5 Å². The third-order valence-electron chi connectivity index (χ3n) is 11.8. The first-order valence-corrected chi connectivity index (χ1v) is 21.5. The summed E-state index contributed by atoms with van der Waals surface area (Å²) >= 11 is 0. The van der Waals surface area contributed by atoms with Gasteiger partial charge in [0.1, 0.15) is 17.3 Å². The highest BCUT2D eigenvalue weighted by Gasteiger charge is 2.25. The lowest BCUT2D eigenvalue weighted by Gasteiger charge is -2.27. The second kappa shape index (κ2) is 15.8. The minimum atomic E-state index is -0.971. The van der Waals surface area contributed by atoms with Gasteiger partial charge in [-0.15, -0.1) is 0 Å². The highest BCUT2D eigenvalue weighted by Crippen LogP contribution is 2.40. The standard InChI is InChI=1S/C59H54N4O/c1-39(2)41-30-31-60-56(34-41)63-52-25-13-12-22-50(52)51-29-28-47(37-55(51)63)64-46-21-16-20-45(36-46)61-38-62(54-27-15-14-26-53(54)61)57-48(40-18-10-9-11-19-40)23-17-24-49(57)42-32-43(58(3,4)5)35-44(33-42)59(6,7)8/h9-37,39H,1-8H3/i9D,10D,11D,12D,13D,18D,19D,22D,25D,39D. The second-order valence-corrected chi connectivity index (χ2v) is 18.5. The van der Waals surface area contributed by atoms with Gasteiger partial charge in [0.05, 0.1) is 45.8 Å². The van der Waals surface area contributed by atoms with Crippen LogP contribution in [0.2, 0.25) is 0 Å². The van der Waals surface area contributed by atoms with Gasteiger partial charge in [-0.1, -0.05) is 170 Å². The predicted molar refractivity (Wildman–Crippen MR) is 265 cm³/mol. The SMILES string of the molecule is [2H]c1c([2H])c([2H])c(-c2cccc(-c3cc(C(C)(C)C)cc(C(C)(C)C)c3)c2-[n+]2[c-]n(-c3cccc(Oc4ccc5c6c([2H])c([2H])c([2H])c([2H])c6n(-c6cc(C([2H])(C)C)ccn6)c5c4)c3)c3ccccc32)c([2H])c1[2H]. The molecule has 3 aromatic heterocycles. The number of para-hydroxylation sites is 4. The highest BCUT2D eigenvalue weighted by molar-refractivity contribution is 6.09. The van der Waals surface area contributed by atoms with Crippen molar-refractivity contribution in [3.63, 3.8) is 0 Å². The molecule has 316 valence electrons. The molecule has 0 amide bonds. The smallest absolute Gasteiger partial charge is 0.269 e. The quantitative estimate of drug-likeness (QED) is 0.113. The molecule has 3 heterocycles. The number of hydrogen-bond acceptors (Lipinski definition) is 2. The first-order valence-electron chi connectivity index (χ1n) is 26.5. The van der Waals surface area contributed by atoms with E-state index in [-0.39, 0.29) is 58.2 Å². The largest absolute Gasteiger partial charge is 0.458 e. The first-order chi connectivity index (χ1) is 34.8. The van der Waals surface area contributed by atoms with Crippen molar-refractivity contribution in [1.29, 1.82) is 0 Å². The number of aromatic nitrogens is 4. The van der Waals surface area contributed by atoms with Crippen molar-refractivity contribution in [3.05, 3.63) is 199 Å². The Labute approximate surface area is 390 Å². The summed E-state index contributed by atoms with van der Waals surface area (Å²) in [6, 6.07) is 33.4. The van der Waals surface area contributed by atoms with Gasteiger partial charge in [-0.2, -0.15) is 0 Å². The molecule has 0 radical (unpaired) electrons. The number of hydrogen-bond donors (Lipinski definition) is 0. The van der Waals surface area contributed by atoms with E-state index in [9.17, 15) is 2.74 Å². The zero-order valence-corrected chi connectivity index (χ0v) is 37.2. The van der Waals surface area contributed by atoms with Gasteiger partial charge in [0.15, 0.2) is 0 Å². The third kappa shape index (κ3) is 7.45. The van der Waals surface area contributed by atoms with Crippen LogP contribution in [0.15, 0.2) is 176 Å². The van der Waals surface area contributed by atoms with Crippen molar-refractivity contribution in [3.8, 4) is 50.9 Å². The lowest BCUT2D eigenvalue weighted by Crippen LogP contribution is -2.31. The van der Waals surface area contributed by atoms with Crippen LogP contribution < -0.4 is 9.30 Å². The summed E-state index contributed by atoms with van der Waals surface area (Å²) in [4.78, 5) is 4.65. The van der Waals surface area contributed by atoms with Gasteiger partial charge in [0.2, 0.25) is 0 Å². The summed E-state index contributed by atoms with van der Waals surface area (Å²) in [5.41, 5.74) is 8.23. The fraction of sp³-hybridized carbons (Fsp3) is 0.186. The number of ether oxygens (including phenoxy) is 1. The van der Waals surface area contributed by atoms with Crippen LogP contribution in [-0.2, 0) is 10.8 Å². The van der Waals surface area contributed by atoms with Gasteiger partial charge in [-0.25, -0.2) is 4.98 Å². The summed E-state index contributed by atoms with van der Waals surface area (Å²) in [6.45, 7) is 16.6. The number of nitrogens with zero attached hydrogens (tertiary/aromatic N) is 4. The Kier molecular flexibility index (Phi) is 7.61. The molecule has 0 spiro atoms. The molecule has 0 aliphatic carbocycles. The molecule has 7 aromatic carbocycles. The maximum atomic E-state index is 9.20. The fourth-order valence-corrected chi connectivity index (χ4v) is 8.34. The van der Waals surface area contributed by atoms with Crippen molar-refractivity contribution in [2.24, 2.45) is 0 Å². The van der Waals surface area contributed by atoms with Crippen LogP contribution >= 0.6 is 0 Å². The summed E-state index contributed by atoms with van der Waals surface area (Å²) in [5.74, 6) is 0.312. The predicted octanol–water partition coefficient (Wildman–Crippen LogP) is 15.0. The molecule has 64 heavy (non-hydrogen) atoms. The molecule has 0 saturated carbocycles. The Hall–Kier alpha value is -7.24. The van der Waals surface area contributed by atoms with Gasteiger partial charge in [0.25, 0.3) is 6.33 Å². The molecule has 5 heteroatoms. The van der Waals surface area contributed by atoms with Crippen LogP contribution in [-0.4, -0.2) is 14.1 Å². The normalized spacial score (nSPS) is 14.6. The van der Waals surface area contributed by atoms with E-state index in [4.69, 9.17) is 15.7 Å². The zero-order chi connectivity index (χ0) is 53.1. The Morgan fingerprint density at radius 2 is 1.31 bits per heavy atom. The van der Waals surface area contributed by atoms with Gasteiger partial charge in [0, 0.05) is 24.4 Å². The molecule has 0 N–H and O–H groups in total. The topological polar surface area (TPSA) is 35.9 Å². The van der Waals surface area contributed by atoms with Crippen molar-refractivity contribution in [2.75, 3.05) is 0 Å². The van der Waals surface area contributed by atoms with E-state index >= 15 is 0 Å². The molecular weight excluding hydrogens is 781 g/mol. The van der Waals surface area contributed by atoms with E-state index in [1.54, 1.807) is 61.0 Å². The fourth-order valence-electron chi connectivity index (χ4n) is 8.34. The number of imidazole rings is 1. The molecule has 0 saturated heterocycles. The number of pyridine rings is 1. The molecule has 0 unspecified atom stereocenters. The van der Waals surface area contributed by atoms with Crippen LogP contribution in [0.1, 0.15) is 91.7 Å². The summed E-state index contributed by atoms with van der Waals surface area (Å²) in [5, 5.41) is 0.916. The molecule has 0 fully saturated rings. The average Bonchev–Trinajstić information content (AvgIpc) is 3.94. The molecule has 10 rings (SSSR count). The Morgan fingerprint density at radius 3 is 2.06 bits per heavy atom. The second-order valence-electron chi connectivity index (χ2n) is 18.5. The maximum Gasteiger partial charge on any atom is 0.269 e. The van der Waals surface area contributed by atoms with Crippen molar-refractivity contribution in [2.45, 2.75) is 72.1 Å². The lowest BCUT2D eigenvalue weighted by atomic mass is 9.78. The average molecular weight is 845 g/mol. The first kappa shape index (κ1) is 30.7. The Balaban J connectivity index is 1.16. The zero-order valence-electron chi connectivity index (χ0n) is 47.2. The van der Waals surface area contributed by atoms with E-state index in [0.29, 0.717) is 56.1 Å². The summed E-state index contributed by atoms with van der Waals surface area (Å²) in [6.07, 6.45) is 5.24. The van der Waals surface area contributed by atoms with Gasteiger partial charge in [-0.3, -0.25) is 13.7 Å². The number of benzene rings is 7. The van der Waals surface area contributed by atoms with Crippen molar-refractivity contribution >= 4 is 32.8 Å². The van der Waals surface area contributed by atoms with Crippen LogP contribution in [0.3, 0.4) is 0 Å². The van der Waals surface area contributed by atoms with E-state index in [2.05, 4.69) is 71.1 Å². The van der Waals surface area contributed by atoms with E-state index in [1.807, 2.05) is 69.8 Å². The minimum Gasteiger partial charge on any atom is -0.458 e. The van der Waals surface area contributed by atoms with Crippen molar-refractivity contribution in [1.82, 2.24) is 14.1 Å². The van der Waals surface area contributed by atoms with Crippen LogP contribution in [0, 0.1) is 6.33 Å². The Morgan fingerprint density at radius 1 is 0.625 bits per heavy atom. The highest BCUT2D eigenvalue weighted by atomic mass is 16.5. The van der Waals surface area contributed by atoms with Crippen LogP contribution in [0.25, 0.3) is 72.3 Å². The molecular formula is C59H54N4O. The summed E-state index contributed by atoms with van der Waals surface area (Å²) in [7, 11) is 0. The van der Waals surface area contributed by atoms with Gasteiger partial charge in [-0.05, 0) is 104 Å². The van der Waals surface area contributed by atoms with E-state index in [1.165, 1.54) is 0 Å². The van der Waals surface area contributed by atoms with Crippen LogP contribution in [0.4, 0.5) is 0 Å². The maximum absolute atomic E-state index is 9.20. The minimum absolute atomic E-state index is 0.0712. The Bertz CT molecular complexity index is 3890. The molecule has 5 nitrogen and oxygen atoms in total. The molecule has 0 aliphatic rings. The lowest BCUT2D eigenvalue weighted by molar-refractivity contribution is -0.571. The molecule has 10 aromatic rings.